The van der Waals surface area contributed by atoms with Crippen molar-refractivity contribution in [3.63, 3.8) is 0 Å². The zero-order chi connectivity index (χ0) is 15.8. The molecule has 0 N–H and O–H groups in total. The standard InChI is InChI=1S/C20H13NO2/c22-21(23)20-17-10-4-2-7-15(17)12-13-19(20)18-11-5-8-14-6-1-3-9-16(14)18/h1-13H. The third-order valence-electron chi connectivity index (χ3n) is 4.16. The van der Waals surface area contributed by atoms with E-state index in [9.17, 15) is 10.1 Å². The van der Waals surface area contributed by atoms with Gasteiger partial charge in [-0.05, 0) is 33.9 Å². The van der Waals surface area contributed by atoms with E-state index in [0.717, 1.165) is 21.7 Å². The number of hydrogen-bond donors (Lipinski definition) is 0. The smallest absolute Gasteiger partial charge is 0.258 e. The molecule has 0 spiro atoms. The maximum atomic E-state index is 11.8. The fourth-order valence-electron chi connectivity index (χ4n) is 3.13. The van der Waals surface area contributed by atoms with Gasteiger partial charge in [0, 0.05) is 0 Å². The van der Waals surface area contributed by atoms with Gasteiger partial charge in [0.1, 0.15) is 0 Å². The van der Waals surface area contributed by atoms with Crippen LogP contribution in [0.2, 0.25) is 0 Å². The van der Waals surface area contributed by atoms with Crippen LogP contribution in [0.15, 0.2) is 78.9 Å². The second-order valence-electron chi connectivity index (χ2n) is 5.47. The first kappa shape index (κ1) is 13.5. The van der Waals surface area contributed by atoms with Crippen molar-refractivity contribution >= 4 is 27.2 Å². The summed E-state index contributed by atoms with van der Waals surface area (Å²) < 4.78 is 0. The van der Waals surface area contributed by atoms with Gasteiger partial charge in [0.05, 0.1) is 15.9 Å². The third-order valence-corrected chi connectivity index (χ3v) is 4.16. The molecule has 0 bridgehead atoms. The van der Waals surface area contributed by atoms with E-state index < -0.39 is 0 Å². The van der Waals surface area contributed by atoms with Gasteiger partial charge in [-0.2, -0.15) is 0 Å². The fraction of sp³-hybridized carbons (Fsp3) is 0. The first-order chi connectivity index (χ1) is 11.3. The van der Waals surface area contributed by atoms with Crippen LogP contribution in [-0.4, -0.2) is 4.92 Å². The molecule has 4 rings (SSSR count). The first-order valence-electron chi connectivity index (χ1n) is 7.40. The van der Waals surface area contributed by atoms with Gasteiger partial charge in [-0.3, -0.25) is 10.1 Å². The summed E-state index contributed by atoms with van der Waals surface area (Å²) in [6.07, 6.45) is 0. The fourth-order valence-corrected chi connectivity index (χ4v) is 3.13. The molecule has 0 aliphatic carbocycles. The van der Waals surface area contributed by atoms with Crippen molar-refractivity contribution < 1.29 is 4.92 Å². The summed E-state index contributed by atoms with van der Waals surface area (Å²) in [6.45, 7) is 0. The maximum absolute atomic E-state index is 11.8. The van der Waals surface area contributed by atoms with Crippen molar-refractivity contribution in [2.24, 2.45) is 0 Å². The molecule has 0 fully saturated rings. The molecule has 0 aliphatic heterocycles. The van der Waals surface area contributed by atoms with Crippen LogP contribution in [0.5, 0.6) is 0 Å². The van der Waals surface area contributed by atoms with Crippen LogP contribution in [-0.2, 0) is 0 Å². The quantitative estimate of drug-likeness (QED) is 0.359. The summed E-state index contributed by atoms with van der Waals surface area (Å²) >= 11 is 0. The SMILES string of the molecule is O=[N+]([O-])c1c(-c2cccc3ccccc23)ccc2ccccc12. The van der Waals surface area contributed by atoms with Gasteiger partial charge in [-0.1, -0.05) is 66.7 Å². The predicted molar refractivity (Wildman–Crippen MR) is 93.5 cm³/mol. The summed E-state index contributed by atoms with van der Waals surface area (Å²) in [4.78, 5) is 11.5. The molecule has 110 valence electrons. The number of hydrogen-bond acceptors (Lipinski definition) is 2. The van der Waals surface area contributed by atoms with E-state index in [4.69, 9.17) is 0 Å². The van der Waals surface area contributed by atoms with Crippen LogP contribution in [0.25, 0.3) is 32.7 Å². The van der Waals surface area contributed by atoms with Crippen LogP contribution in [0.3, 0.4) is 0 Å². The average Bonchev–Trinajstić information content (AvgIpc) is 2.60. The van der Waals surface area contributed by atoms with E-state index in [1.165, 1.54) is 0 Å². The van der Waals surface area contributed by atoms with Crippen molar-refractivity contribution in [1.29, 1.82) is 0 Å². The molecule has 4 aromatic rings. The Labute approximate surface area is 133 Å². The molecule has 0 saturated heterocycles. The number of benzene rings is 4. The van der Waals surface area contributed by atoms with Crippen LogP contribution >= 0.6 is 0 Å². The Hall–Kier alpha value is -3.20. The second kappa shape index (κ2) is 5.21. The molecule has 4 aromatic carbocycles. The molecule has 0 unspecified atom stereocenters. The lowest BCUT2D eigenvalue weighted by atomic mass is 9.94. The van der Waals surface area contributed by atoms with Crippen LogP contribution < -0.4 is 0 Å². The zero-order valence-electron chi connectivity index (χ0n) is 12.3. The average molecular weight is 299 g/mol. The summed E-state index contributed by atoms with van der Waals surface area (Å²) in [5.74, 6) is 0. The highest BCUT2D eigenvalue weighted by molar-refractivity contribution is 6.04. The van der Waals surface area contributed by atoms with Crippen LogP contribution in [0, 0.1) is 10.1 Å². The highest BCUT2D eigenvalue weighted by Crippen LogP contribution is 2.39. The topological polar surface area (TPSA) is 43.1 Å². The van der Waals surface area contributed by atoms with Gasteiger partial charge < -0.3 is 0 Å². The van der Waals surface area contributed by atoms with Crippen LogP contribution in [0.4, 0.5) is 5.69 Å². The molecule has 0 radical (unpaired) electrons. The Morgan fingerprint density at radius 1 is 0.609 bits per heavy atom. The third kappa shape index (κ3) is 2.14. The Balaban J connectivity index is 2.13. The lowest BCUT2D eigenvalue weighted by Gasteiger charge is -2.09. The molecule has 3 nitrogen and oxygen atoms in total. The summed E-state index contributed by atoms with van der Waals surface area (Å²) in [6, 6.07) is 25.1. The van der Waals surface area contributed by atoms with Crippen molar-refractivity contribution in [2.75, 3.05) is 0 Å². The Bertz CT molecular complexity index is 1050. The minimum absolute atomic E-state index is 0.166. The summed E-state index contributed by atoms with van der Waals surface area (Å²) in [5, 5.41) is 15.4. The largest absolute Gasteiger partial charge is 0.284 e. The molecule has 0 amide bonds. The van der Waals surface area contributed by atoms with E-state index >= 15 is 0 Å². The minimum Gasteiger partial charge on any atom is -0.258 e. The Morgan fingerprint density at radius 3 is 1.96 bits per heavy atom. The summed E-state index contributed by atoms with van der Waals surface area (Å²) in [7, 11) is 0. The van der Waals surface area contributed by atoms with Gasteiger partial charge in [0.2, 0.25) is 0 Å². The van der Waals surface area contributed by atoms with E-state index in [1.54, 1.807) is 0 Å². The number of rotatable bonds is 2. The normalized spacial score (nSPS) is 11.0. The monoisotopic (exact) mass is 299 g/mol. The van der Waals surface area contributed by atoms with Gasteiger partial charge in [-0.25, -0.2) is 0 Å². The molecule has 0 atom stereocenters. The first-order valence-corrected chi connectivity index (χ1v) is 7.40. The van der Waals surface area contributed by atoms with E-state index in [1.807, 2.05) is 78.9 Å². The lowest BCUT2D eigenvalue weighted by Crippen LogP contribution is -1.94. The van der Waals surface area contributed by atoms with Crippen LogP contribution in [0.1, 0.15) is 0 Å². The van der Waals surface area contributed by atoms with Crippen molar-refractivity contribution in [3.8, 4) is 11.1 Å². The highest BCUT2D eigenvalue weighted by atomic mass is 16.6. The molecule has 0 aliphatic rings. The van der Waals surface area contributed by atoms with E-state index in [0.29, 0.717) is 10.9 Å². The molecule has 0 heterocycles. The molecule has 0 saturated carbocycles. The Morgan fingerprint density at radius 2 is 1.22 bits per heavy atom. The number of nitro benzene ring substituents is 1. The predicted octanol–water partition coefficient (Wildman–Crippen LogP) is 5.57. The number of nitrogens with zero attached hydrogens (tertiary/aromatic N) is 1. The second-order valence-corrected chi connectivity index (χ2v) is 5.47. The van der Waals surface area contributed by atoms with Crippen molar-refractivity contribution in [3.05, 3.63) is 89.0 Å². The van der Waals surface area contributed by atoms with E-state index in [-0.39, 0.29) is 10.6 Å². The van der Waals surface area contributed by atoms with Gasteiger partial charge in [0.25, 0.3) is 5.69 Å². The number of fused-ring (bicyclic) bond motifs is 2. The molecule has 0 aromatic heterocycles. The Kier molecular flexibility index (Phi) is 3.05. The lowest BCUT2D eigenvalue weighted by molar-refractivity contribution is -0.382. The summed E-state index contributed by atoms with van der Waals surface area (Å²) in [5.41, 5.74) is 1.71. The molecular weight excluding hydrogens is 286 g/mol. The zero-order valence-corrected chi connectivity index (χ0v) is 12.3. The molecule has 23 heavy (non-hydrogen) atoms. The highest BCUT2D eigenvalue weighted by Gasteiger charge is 2.20. The van der Waals surface area contributed by atoms with Crippen molar-refractivity contribution in [2.45, 2.75) is 0 Å². The number of nitro groups is 1. The molecule has 3 heteroatoms. The van der Waals surface area contributed by atoms with E-state index in [2.05, 4.69) is 0 Å². The molecular formula is C20H13NO2. The van der Waals surface area contributed by atoms with Gasteiger partial charge >= 0.3 is 0 Å². The maximum Gasteiger partial charge on any atom is 0.284 e. The van der Waals surface area contributed by atoms with Gasteiger partial charge in [-0.15, -0.1) is 0 Å². The van der Waals surface area contributed by atoms with Crippen molar-refractivity contribution in [1.82, 2.24) is 0 Å². The van der Waals surface area contributed by atoms with Gasteiger partial charge in [0.15, 0.2) is 0 Å². The minimum atomic E-state index is -0.278.